The number of aromatic nitrogens is 1. The maximum Gasteiger partial charge on any atom is 0.303 e. The summed E-state index contributed by atoms with van der Waals surface area (Å²) >= 11 is 0. The van der Waals surface area contributed by atoms with Crippen LogP contribution >= 0.6 is 0 Å². The van der Waals surface area contributed by atoms with Crippen LogP contribution in [0.2, 0.25) is 0 Å². The summed E-state index contributed by atoms with van der Waals surface area (Å²) in [5.74, 6) is -2.96. The molecular weight excluding hydrogens is 396 g/mol. The highest BCUT2D eigenvalue weighted by molar-refractivity contribution is 6.29. The van der Waals surface area contributed by atoms with Gasteiger partial charge in [-0.2, -0.15) is 5.26 Å². The van der Waals surface area contributed by atoms with E-state index in [0.717, 1.165) is 13.8 Å². The van der Waals surface area contributed by atoms with Crippen LogP contribution < -0.4 is 0 Å². The quantitative estimate of drug-likeness (QED) is 0.404. The molecule has 0 unspecified atom stereocenters. The molecule has 10 heteroatoms. The highest BCUT2D eigenvalue weighted by Crippen LogP contribution is 2.50. The topological polar surface area (TPSA) is 170 Å². The lowest BCUT2D eigenvalue weighted by Gasteiger charge is -2.43. The number of nitrogens with zero attached hydrogens (tertiary/aromatic N) is 2. The third-order valence-electron chi connectivity index (χ3n) is 5.65. The minimum atomic E-state index is -2.06. The first-order chi connectivity index (χ1) is 14.1. The molecule has 30 heavy (non-hydrogen) atoms. The molecule has 0 aliphatic heterocycles. The van der Waals surface area contributed by atoms with E-state index in [1.54, 1.807) is 6.19 Å². The van der Waals surface area contributed by atoms with Crippen LogP contribution in [-0.4, -0.2) is 54.2 Å². The zero-order valence-electron chi connectivity index (χ0n) is 15.8. The Morgan fingerprint density at radius 1 is 1.20 bits per heavy atom. The molecule has 154 valence electrons. The zero-order valence-corrected chi connectivity index (χ0v) is 15.8. The number of ether oxygens (including phenoxy) is 1. The Bertz CT molecular complexity index is 1190. The Morgan fingerprint density at radius 2 is 1.87 bits per heavy atom. The first-order valence-electron chi connectivity index (χ1n) is 8.90. The fraction of sp³-hybridized carbons (Fsp3) is 0.300. The van der Waals surface area contributed by atoms with Crippen LogP contribution in [0.25, 0.3) is 0 Å². The summed E-state index contributed by atoms with van der Waals surface area (Å²) in [5.41, 5.74) is -3.98. The minimum Gasteiger partial charge on any atom is -0.507 e. The van der Waals surface area contributed by atoms with Crippen LogP contribution in [0.15, 0.2) is 18.2 Å². The Kier molecular flexibility index (Phi) is 4.11. The van der Waals surface area contributed by atoms with Crippen molar-refractivity contribution in [3.63, 3.8) is 0 Å². The zero-order chi connectivity index (χ0) is 22.1. The van der Waals surface area contributed by atoms with Gasteiger partial charge in [0.1, 0.15) is 29.8 Å². The van der Waals surface area contributed by atoms with Crippen molar-refractivity contribution in [3.05, 3.63) is 51.8 Å². The lowest BCUT2D eigenvalue weighted by atomic mass is 9.75. The number of esters is 1. The number of fused-ring (bicyclic) bond motifs is 4. The van der Waals surface area contributed by atoms with Crippen molar-refractivity contribution < 1.29 is 39.5 Å². The average molecular weight is 412 g/mol. The van der Waals surface area contributed by atoms with Gasteiger partial charge in [-0.25, -0.2) is 4.57 Å². The number of carbonyl (C=O) groups is 3. The highest BCUT2D eigenvalue weighted by atomic mass is 16.6. The van der Waals surface area contributed by atoms with Crippen LogP contribution in [0.3, 0.4) is 0 Å². The number of phenols is 1. The molecule has 1 heterocycles. The molecule has 4 rings (SSSR count). The Labute approximate surface area is 169 Å². The molecule has 0 bridgehead atoms. The van der Waals surface area contributed by atoms with Crippen molar-refractivity contribution in [3.8, 4) is 11.9 Å². The smallest absolute Gasteiger partial charge is 0.303 e. The summed E-state index contributed by atoms with van der Waals surface area (Å²) < 4.78 is 5.73. The SMILES string of the molecule is CC(=O)O[C@]1(C)[C@H](O)c2c(c3c(n2C#N)C(=O)c2c(O)cccc2C3=O)[C@H](O)[C@H]1O. The molecule has 0 saturated carbocycles. The molecule has 2 aromatic rings. The van der Waals surface area contributed by atoms with Crippen molar-refractivity contribution >= 4 is 17.5 Å². The van der Waals surface area contributed by atoms with Gasteiger partial charge in [0.25, 0.3) is 0 Å². The second-order valence-corrected chi connectivity index (χ2v) is 7.39. The molecule has 10 nitrogen and oxygen atoms in total. The summed E-state index contributed by atoms with van der Waals surface area (Å²) in [6, 6.07) is 3.87. The molecule has 2 aliphatic rings. The minimum absolute atomic E-state index is 0.144. The number of rotatable bonds is 1. The Morgan fingerprint density at radius 3 is 2.47 bits per heavy atom. The van der Waals surface area contributed by atoms with Crippen LogP contribution in [0.1, 0.15) is 69.3 Å². The first-order valence-corrected chi connectivity index (χ1v) is 8.90. The molecule has 0 spiro atoms. The number of carbonyl (C=O) groups excluding carboxylic acids is 3. The van der Waals surface area contributed by atoms with Gasteiger partial charge in [-0.1, -0.05) is 12.1 Å². The summed E-state index contributed by atoms with van der Waals surface area (Å²) in [4.78, 5) is 37.8. The van der Waals surface area contributed by atoms with E-state index < -0.39 is 52.9 Å². The van der Waals surface area contributed by atoms with Gasteiger partial charge in [0, 0.05) is 18.1 Å². The standard InChI is InChI=1S/C20H16N2O8/c1-7(23)30-20(2)18(28)14-12(17(27)19(20)29)11-13(22(14)6-21)16(26)10-8(15(11)25)4-3-5-9(10)24/h3-5,17-19,24,27-29H,1-2H3/t17-,18+,19+,20+/m0/s1. The molecule has 0 saturated heterocycles. The molecule has 0 fully saturated rings. The van der Waals surface area contributed by atoms with Crippen LogP contribution in [0.4, 0.5) is 0 Å². The van der Waals surface area contributed by atoms with Gasteiger partial charge in [-0.05, 0) is 13.0 Å². The van der Waals surface area contributed by atoms with E-state index in [4.69, 9.17) is 4.74 Å². The second kappa shape index (κ2) is 6.24. The van der Waals surface area contributed by atoms with Gasteiger partial charge in [-0.15, -0.1) is 0 Å². The Hall–Kier alpha value is -3.52. The summed E-state index contributed by atoms with van der Waals surface area (Å²) in [6.07, 6.45) is -3.88. The van der Waals surface area contributed by atoms with Gasteiger partial charge in [0.05, 0.1) is 16.8 Å². The molecule has 1 aromatic carbocycles. The number of aliphatic hydroxyl groups excluding tert-OH is 3. The molecule has 0 radical (unpaired) electrons. The number of aromatic hydroxyl groups is 1. The van der Waals surface area contributed by atoms with E-state index in [2.05, 4.69) is 0 Å². The van der Waals surface area contributed by atoms with Gasteiger partial charge in [0.15, 0.2) is 17.6 Å². The van der Waals surface area contributed by atoms with Crippen molar-refractivity contribution in [1.82, 2.24) is 4.57 Å². The Balaban J connectivity index is 2.07. The van der Waals surface area contributed by atoms with Crippen molar-refractivity contribution in [2.24, 2.45) is 0 Å². The van der Waals surface area contributed by atoms with Crippen molar-refractivity contribution in [1.29, 1.82) is 5.26 Å². The lowest BCUT2D eigenvalue weighted by molar-refractivity contribution is -0.212. The number of phenolic OH excluding ortho intramolecular Hbond substituents is 1. The summed E-state index contributed by atoms with van der Waals surface area (Å²) in [6.45, 7) is 2.20. The third-order valence-corrected chi connectivity index (χ3v) is 5.65. The van der Waals surface area contributed by atoms with Gasteiger partial charge in [0.2, 0.25) is 5.78 Å². The summed E-state index contributed by atoms with van der Waals surface area (Å²) in [5, 5.41) is 52.1. The molecular formula is C20H16N2O8. The van der Waals surface area contributed by atoms with Gasteiger partial charge >= 0.3 is 5.97 Å². The van der Waals surface area contributed by atoms with E-state index in [-0.39, 0.29) is 27.9 Å². The predicted molar refractivity (Wildman–Crippen MR) is 96.5 cm³/mol. The van der Waals surface area contributed by atoms with E-state index in [9.17, 15) is 40.1 Å². The molecule has 2 aliphatic carbocycles. The predicted octanol–water partition coefficient (Wildman–Crippen LogP) is 0.0614. The van der Waals surface area contributed by atoms with E-state index >= 15 is 0 Å². The van der Waals surface area contributed by atoms with E-state index in [1.807, 2.05) is 0 Å². The fourth-order valence-corrected chi connectivity index (χ4v) is 4.28. The third kappa shape index (κ3) is 2.25. The number of aliphatic hydroxyl groups is 3. The lowest BCUT2D eigenvalue weighted by Crippen LogP contribution is -2.54. The molecule has 0 amide bonds. The number of hydrogen-bond donors (Lipinski definition) is 4. The normalized spacial score (nSPS) is 27.0. The molecule has 4 atom stereocenters. The number of ketones is 2. The number of benzene rings is 1. The first kappa shape index (κ1) is 19.8. The van der Waals surface area contributed by atoms with Crippen LogP contribution in [-0.2, 0) is 9.53 Å². The molecule has 1 aromatic heterocycles. The van der Waals surface area contributed by atoms with Gasteiger partial charge in [-0.3, -0.25) is 14.4 Å². The second-order valence-electron chi connectivity index (χ2n) is 7.39. The van der Waals surface area contributed by atoms with Crippen molar-refractivity contribution in [2.45, 2.75) is 37.8 Å². The number of nitriles is 1. The van der Waals surface area contributed by atoms with Crippen LogP contribution in [0.5, 0.6) is 5.75 Å². The van der Waals surface area contributed by atoms with Gasteiger partial charge < -0.3 is 25.2 Å². The highest BCUT2D eigenvalue weighted by Gasteiger charge is 2.57. The van der Waals surface area contributed by atoms with E-state index in [1.165, 1.54) is 18.2 Å². The number of hydrogen-bond acceptors (Lipinski definition) is 9. The monoisotopic (exact) mass is 412 g/mol. The maximum atomic E-state index is 13.2. The van der Waals surface area contributed by atoms with E-state index in [0.29, 0.717) is 4.57 Å². The molecule has 4 N–H and O–H groups in total. The van der Waals surface area contributed by atoms with Crippen molar-refractivity contribution in [2.75, 3.05) is 0 Å². The largest absolute Gasteiger partial charge is 0.507 e. The maximum absolute atomic E-state index is 13.2. The fourth-order valence-electron chi connectivity index (χ4n) is 4.28. The average Bonchev–Trinajstić information content (AvgIpc) is 3.04. The summed E-state index contributed by atoms with van der Waals surface area (Å²) in [7, 11) is 0. The van der Waals surface area contributed by atoms with Crippen LogP contribution in [0, 0.1) is 11.5 Å².